The molecular formula is C16H21F2NO2. The summed E-state index contributed by atoms with van der Waals surface area (Å²) in [5.74, 6) is -1.64. The number of carbonyl (C=O) groups is 1. The molecule has 1 fully saturated rings. The molecule has 0 aliphatic heterocycles. The number of nitrogens with one attached hydrogen (secondary N) is 1. The van der Waals surface area contributed by atoms with Gasteiger partial charge < -0.3 is 10.1 Å². The van der Waals surface area contributed by atoms with Gasteiger partial charge in [-0.15, -0.1) is 0 Å². The van der Waals surface area contributed by atoms with Gasteiger partial charge in [0, 0.05) is 12.1 Å². The summed E-state index contributed by atoms with van der Waals surface area (Å²) in [6.07, 6.45) is 5.32. The fraction of sp³-hybridized carbons (Fsp3) is 0.562. The van der Waals surface area contributed by atoms with Crippen molar-refractivity contribution in [2.45, 2.75) is 45.1 Å². The van der Waals surface area contributed by atoms with E-state index in [2.05, 4.69) is 17.0 Å². The summed E-state index contributed by atoms with van der Waals surface area (Å²) < 4.78 is 31.9. The van der Waals surface area contributed by atoms with E-state index >= 15 is 0 Å². The Hall–Kier alpha value is -1.65. The lowest BCUT2D eigenvalue weighted by atomic mass is 9.84. The molecule has 0 heterocycles. The maximum absolute atomic E-state index is 13.8. The predicted molar refractivity (Wildman–Crippen MR) is 77.4 cm³/mol. The fourth-order valence-electron chi connectivity index (χ4n) is 2.86. The lowest BCUT2D eigenvalue weighted by molar-refractivity contribution is 0.0595. The molecule has 0 radical (unpaired) electrons. The molecule has 0 aromatic heterocycles. The highest BCUT2D eigenvalue weighted by Crippen LogP contribution is 2.29. The Balaban J connectivity index is 2.11. The van der Waals surface area contributed by atoms with Crippen LogP contribution in [0.5, 0.6) is 0 Å². The molecule has 0 saturated heterocycles. The van der Waals surface area contributed by atoms with Crippen LogP contribution in [0.15, 0.2) is 12.1 Å². The van der Waals surface area contributed by atoms with Crippen LogP contribution in [0.1, 0.15) is 49.4 Å². The van der Waals surface area contributed by atoms with E-state index in [1.165, 1.54) is 19.6 Å². The highest BCUT2D eigenvalue weighted by atomic mass is 19.1. The number of hydrogen-bond donors (Lipinski definition) is 1. The minimum absolute atomic E-state index is 0.164. The van der Waals surface area contributed by atoms with E-state index in [0.29, 0.717) is 0 Å². The first-order valence-corrected chi connectivity index (χ1v) is 7.39. The van der Waals surface area contributed by atoms with E-state index in [4.69, 9.17) is 0 Å². The number of hydrogen-bond acceptors (Lipinski definition) is 3. The molecule has 0 atom stereocenters. The Labute approximate surface area is 123 Å². The minimum Gasteiger partial charge on any atom is -0.465 e. The Morgan fingerprint density at radius 2 is 1.90 bits per heavy atom. The quantitative estimate of drug-likeness (QED) is 0.849. The van der Waals surface area contributed by atoms with Crippen molar-refractivity contribution in [2.24, 2.45) is 5.92 Å². The topological polar surface area (TPSA) is 38.3 Å². The maximum Gasteiger partial charge on any atom is 0.340 e. The fourth-order valence-corrected chi connectivity index (χ4v) is 2.86. The monoisotopic (exact) mass is 297 g/mol. The van der Waals surface area contributed by atoms with E-state index < -0.39 is 17.6 Å². The highest BCUT2D eigenvalue weighted by molar-refractivity contribution is 5.90. The lowest BCUT2D eigenvalue weighted by Gasteiger charge is -2.29. The first-order valence-electron chi connectivity index (χ1n) is 7.39. The zero-order valence-electron chi connectivity index (χ0n) is 12.4. The number of benzene rings is 1. The zero-order valence-corrected chi connectivity index (χ0v) is 12.4. The average Bonchev–Trinajstić information content (AvgIpc) is 2.50. The van der Waals surface area contributed by atoms with E-state index in [1.807, 2.05) is 0 Å². The van der Waals surface area contributed by atoms with Crippen molar-refractivity contribution in [3.05, 3.63) is 29.3 Å². The van der Waals surface area contributed by atoms with Crippen molar-refractivity contribution in [3.8, 4) is 0 Å². The molecular weight excluding hydrogens is 276 g/mol. The van der Waals surface area contributed by atoms with Crippen LogP contribution >= 0.6 is 0 Å². The maximum atomic E-state index is 13.8. The summed E-state index contributed by atoms with van der Waals surface area (Å²) in [6.45, 7) is 2.18. The second-order valence-corrected chi connectivity index (χ2v) is 5.57. The summed E-state index contributed by atoms with van der Waals surface area (Å²) in [6, 6.07) is 2.09. The highest BCUT2D eigenvalue weighted by Gasteiger charge is 2.22. The first-order chi connectivity index (χ1) is 10.0. The van der Waals surface area contributed by atoms with Gasteiger partial charge in [0.25, 0.3) is 0 Å². The number of rotatable bonds is 4. The Bertz CT molecular complexity index is 511. The van der Waals surface area contributed by atoms with Crippen molar-refractivity contribution in [3.63, 3.8) is 0 Å². The molecule has 0 amide bonds. The Kier molecular flexibility index (Phi) is 5.15. The standard InChI is InChI=1S/C16H21F2NO2/c1-3-10-4-6-11(7-5-10)19-15-8-12(16(20)21-2)13(17)9-14(15)18/h8-11,19H,3-7H2,1-2H3. The second kappa shape index (κ2) is 6.87. The Morgan fingerprint density at radius 3 is 2.48 bits per heavy atom. The van der Waals surface area contributed by atoms with Crippen LogP contribution in [-0.4, -0.2) is 19.1 Å². The molecule has 5 heteroatoms. The van der Waals surface area contributed by atoms with Crippen LogP contribution in [0.25, 0.3) is 0 Å². The smallest absolute Gasteiger partial charge is 0.340 e. The van der Waals surface area contributed by atoms with Crippen molar-refractivity contribution in [1.29, 1.82) is 0 Å². The van der Waals surface area contributed by atoms with E-state index in [1.54, 1.807) is 0 Å². The second-order valence-electron chi connectivity index (χ2n) is 5.57. The molecule has 116 valence electrons. The van der Waals surface area contributed by atoms with Crippen LogP contribution in [0.4, 0.5) is 14.5 Å². The van der Waals surface area contributed by atoms with Gasteiger partial charge in [-0.05, 0) is 37.7 Å². The third kappa shape index (κ3) is 3.71. The molecule has 0 unspecified atom stereocenters. The number of methoxy groups -OCH3 is 1. The number of ether oxygens (including phenoxy) is 1. The van der Waals surface area contributed by atoms with Gasteiger partial charge in [0.15, 0.2) is 0 Å². The lowest BCUT2D eigenvalue weighted by Crippen LogP contribution is -2.26. The van der Waals surface area contributed by atoms with Crippen LogP contribution in [-0.2, 0) is 4.74 Å². The summed E-state index contributed by atoms with van der Waals surface area (Å²) in [5, 5.41) is 3.09. The number of halogens is 2. The molecule has 0 spiro atoms. The summed E-state index contributed by atoms with van der Waals surface area (Å²) in [7, 11) is 1.17. The van der Waals surface area contributed by atoms with E-state index in [-0.39, 0.29) is 17.3 Å². The predicted octanol–water partition coefficient (Wildman–Crippen LogP) is 4.13. The van der Waals surface area contributed by atoms with Crippen molar-refractivity contribution in [2.75, 3.05) is 12.4 Å². The van der Waals surface area contributed by atoms with Gasteiger partial charge in [-0.3, -0.25) is 0 Å². The third-order valence-electron chi connectivity index (χ3n) is 4.25. The van der Waals surface area contributed by atoms with E-state index in [0.717, 1.165) is 37.7 Å². The van der Waals surface area contributed by atoms with Gasteiger partial charge in [-0.1, -0.05) is 13.3 Å². The van der Waals surface area contributed by atoms with Crippen LogP contribution in [0.2, 0.25) is 0 Å². The molecule has 1 saturated carbocycles. The molecule has 21 heavy (non-hydrogen) atoms. The summed E-state index contributed by atoms with van der Waals surface area (Å²) >= 11 is 0. The minimum atomic E-state index is -0.903. The van der Waals surface area contributed by atoms with Crippen molar-refractivity contribution >= 4 is 11.7 Å². The van der Waals surface area contributed by atoms with Gasteiger partial charge in [-0.2, -0.15) is 0 Å². The zero-order chi connectivity index (χ0) is 15.4. The normalized spacial score (nSPS) is 21.9. The van der Waals surface area contributed by atoms with Gasteiger partial charge >= 0.3 is 5.97 Å². The van der Waals surface area contributed by atoms with Gasteiger partial charge in [0.05, 0.1) is 18.4 Å². The van der Waals surface area contributed by atoms with Gasteiger partial charge in [-0.25, -0.2) is 13.6 Å². The molecule has 1 aromatic carbocycles. The number of carbonyl (C=O) groups excluding carboxylic acids is 1. The molecule has 3 nitrogen and oxygen atoms in total. The molecule has 1 aromatic rings. The van der Waals surface area contributed by atoms with Gasteiger partial charge in [0.2, 0.25) is 0 Å². The third-order valence-corrected chi connectivity index (χ3v) is 4.25. The molecule has 2 rings (SSSR count). The largest absolute Gasteiger partial charge is 0.465 e. The van der Waals surface area contributed by atoms with Crippen molar-refractivity contribution in [1.82, 2.24) is 0 Å². The van der Waals surface area contributed by atoms with E-state index in [9.17, 15) is 13.6 Å². The average molecular weight is 297 g/mol. The van der Waals surface area contributed by atoms with Crippen LogP contribution in [0, 0.1) is 17.6 Å². The number of esters is 1. The molecule has 1 aliphatic rings. The summed E-state index contributed by atoms with van der Waals surface area (Å²) in [4.78, 5) is 11.5. The van der Waals surface area contributed by atoms with Crippen molar-refractivity contribution < 1.29 is 18.3 Å². The summed E-state index contributed by atoms with van der Waals surface area (Å²) in [5.41, 5.74) is -0.0830. The molecule has 1 aliphatic carbocycles. The Morgan fingerprint density at radius 1 is 1.24 bits per heavy atom. The van der Waals surface area contributed by atoms with Crippen LogP contribution in [0.3, 0.4) is 0 Å². The first kappa shape index (κ1) is 15.7. The van der Waals surface area contributed by atoms with Gasteiger partial charge in [0.1, 0.15) is 11.6 Å². The van der Waals surface area contributed by atoms with Crippen LogP contribution < -0.4 is 5.32 Å². The molecule has 0 bridgehead atoms. The SMILES string of the molecule is CCC1CCC(Nc2cc(C(=O)OC)c(F)cc2F)CC1. The number of anilines is 1. The molecule has 1 N–H and O–H groups in total.